The lowest BCUT2D eigenvalue weighted by atomic mass is 10.1. The van der Waals surface area contributed by atoms with Crippen LogP contribution in [0.25, 0.3) is 0 Å². The third-order valence-corrected chi connectivity index (χ3v) is 3.81. The van der Waals surface area contributed by atoms with Gasteiger partial charge in [0.1, 0.15) is 5.82 Å². The molecule has 1 fully saturated rings. The van der Waals surface area contributed by atoms with E-state index in [1.807, 2.05) is 6.92 Å². The van der Waals surface area contributed by atoms with Crippen molar-refractivity contribution < 1.29 is 18.4 Å². The molecule has 1 N–H and O–H groups in total. The topological polar surface area (TPSA) is 49.4 Å². The van der Waals surface area contributed by atoms with Gasteiger partial charge >= 0.3 is 0 Å². The first-order valence-corrected chi connectivity index (χ1v) is 7.06. The fourth-order valence-corrected chi connectivity index (χ4v) is 2.56. The standard InChI is InChI=1S/C15H16F2N2O2/c1-8(6-18-10-2-3-10)7-19-13-11(14(20)15(19)21)4-9(16)5-12(13)17/h4-5,8,10,18H,2-3,6-7H2,1H3. The van der Waals surface area contributed by atoms with Crippen LogP contribution in [0.4, 0.5) is 14.5 Å². The highest BCUT2D eigenvalue weighted by molar-refractivity contribution is 6.52. The van der Waals surface area contributed by atoms with Crippen molar-refractivity contribution in [3.8, 4) is 0 Å². The molecule has 1 unspecified atom stereocenters. The lowest BCUT2D eigenvalue weighted by molar-refractivity contribution is -0.114. The summed E-state index contributed by atoms with van der Waals surface area (Å²) >= 11 is 0. The molecule has 3 rings (SSSR count). The maximum Gasteiger partial charge on any atom is 0.299 e. The number of fused-ring (bicyclic) bond motifs is 1. The van der Waals surface area contributed by atoms with Crippen molar-refractivity contribution in [3.63, 3.8) is 0 Å². The van der Waals surface area contributed by atoms with Crippen LogP contribution >= 0.6 is 0 Å². The monoisotopic (exact) mass is 294 g/mol. The van der Waals surface area contributed by atoms with E-state index in [2.05, 4.69) is 5.32 Å². The zero-order valence-electron chi connectivity index (χ0n) is 11.7. The van der Waals surface area contributed by atoms with E-state index in [0.29, 0.717) is 18.7 Å². The number of anilines is 1. The van der Waals surface area contributed by atoms with Gasteiger partial charge in [0.05, 0.1) is 11.3 Å². The molecule has 6 heteroatoms. The Bertz CT molecular complexity index is 614. The molecule has 0 aromatic heterocycles. The molecule has 1 saturated carbocycles. The molecule has 112 valence electrons. The van der Waals surface area contributed by atoms with Gasteiger partial charge in [0.2, 0.25) is 0 Å². The summed E-state index contributed by atoms with van der Waals surface area (Å²) in [7, 11) is 0. The van der Waals surface area contributed by atoms with Gasteiger partial charge in [-0.1, -0.05) is 6.92 Å². The van der Waals surface area contributed by atoms with E-state index in [1.165, 1.54) is 0 Å². The van der Waals surface area contributed by atoms with Crippen LogP contribution in [-0.2, 0) is 4.79 Å². The van der Waals surface area contributed by atoms with Crippen LogP contribution in [0, 0.1) is 17.6 Å². The number of carbonyl (C=O) groups excluding carboxylic acids is 2. The minimum absolute atomic E-state index is 0.0674. The average molecular weight is 294 g/mol. The first-order valence-electron chi connectivity index (χ1n) is 7.06. The maximum absolute atomic E-state index is 13.9. The van der Waals surface area contributed by atoms with E-state index in [0.717, 1.165) is 23.8 Å². The molecular formula is C15H16F2N2O2. The number of hydrogen-bond acceptors (Lipinski definition) is 3. The predicted octanol–water partition coefficient (Wildman–Crippen LogP) is 1.88. The zero-order chi connectivity index (χ0) is 15.1. The number of ketones is 1. The summed E-state index contributed by atoms with van der Waals surface area (Å²) in [6, 6.07) is 2.16. The van der Waals surface area contributed by atoms with Gasteiger partial charge in [0, 0.05) is 18.7 Å². The fraction of sp³-hybridized carbons (Fsp3) is 0.467. The van der Waals surface area contributed by atoms with Crippen molar-refractivity contribution in [2.24, 2.45) is 5.92 Å². The molecular weight excluding hydrogens is 278 g/mol. The van der Waals surface area contributed by atoms with Crippen molar-refractivity contribution in [1.29, 1.82) is 0 Å². The molecule has 0 radical (unpaired) electrons. The van der Waals surface area contributed by atoms with E-state index in [9.17, 15) is 18.4 Å². The normalized spacial score (nSPS) is 19.1. The third-order valence-electron chi connectivity index (χ3n) is 3.81. The van der Waals surface area contributed by atoms with Crippen molar-refractivity contribution in [1.82, 2.24) is 5.32 Å². The molecule has 1 aromatic rings. The van der Waals surface area contributed by atoms with Gasteiger partial charge in [-0.15, -0.1) is 0 Å². The molecule has 0 saturated heterocycles. The van der Waals surface area contributed by atoms with E-state index in [4.69, 9.17) is 0 Å². The van der Waals surface area contributed by atoms with Crippen molar-refractivity contribution in [3.05, 3.63) is 29.3 Å². The summed E-state index contributed by atoms with van der Waals surface area (Å²) in [6.07, 6.45) is 2.31. The Labute approximate surface area is 121 Å². The van der Waals surface area contributed by atoms with E-state index < -0.39 is 23.3 Å². The SMILES string of the molecule is CC(CNC1CC1)CN1C(=O)C(=O)c2cc(F)cc(F)c21. The van der Waals surface area contributed by atoms with E-state index >= 15 is 0 Å². The van der Waals surface area contributed by atoms with Crippen LogP contribution in [0.2, 0.25) is 0 Å². The number of nitrogens with zero attached hydrogens (tertiary/aromatic N) is 1. The molecule has 1 atom stereocenters. The maximum atomic E-state index is 13.9. The van der Waals surface area contributed by atoms with Gasteiger partial charge < -0.3 is 10.2 Å². The van der Waals surface area contributed by atoms with Gasteiger partial charge in [0.15, 0.2) is 5.82 Å². The summed E-state index contributed by atoms with van der Waals surface area (Å²) in [5.41, 5.74) is -0.274. The van der Waals surface area contributed by atoms with E-state index in [1.54, 1.807) is 0 Å². The second kappa shape index (κ2) is 5.18. The Hall–Kier alpha value is -1.82. The summed E-state index contributed by atoms with van der Waals surface area (Å²) in [5.74, 6) is -3.28. The summed E-state index contributed by atoms with van der Waals surface area (Å²) in [5, 5.41) is 3.33. The van der Waals surface area contributed by atoms with Crippen LogP contribution in [0.1, 0.15) is 30.1 Å². The summed E-state index contributed by atoms with van der Waals surface area (Å²) < 4.78 is 27.1. The van der Waals surface area contributed by atoms with Crippen molar-refractivity contribution >= 4 is 17.4 Å². The predicted molar refractivity (Wildman–Crippen MR) is 73.2 cm³/mol. The van der Waals surface area contributed by atoms with Gasteiger partial charge in [-0.3, -0.25) is 9.59 Å². The zero-order valence-corrected chi connectivity index (χ0v) is 11.7. The van der Waals surface area contributed by atoms with Crippen LogP contribution in [-0.4, -0.2) is 30.8 Å². The summed E-state index contributed by atoms with van der Waals surface area (Å²) in [6.45, 7) is 2.85. The average Bonchev–Trinajstić information content (AvgIpc) is 3.21. The molecule has 1 aliphatic carbocycles. The number of rotatable bonds is 5. The Morgan fingerprint density at radius 1 is 1.33 bits per heavy atom. The van der Waals surface area contributed by atoms with Gasteiger partial charge in [-0.25, -0.2) is 8.78 Å². The first-order chi connectivity index (χ1) is 9.97. The second-order valence-corrected chi connectivity index (χ2v) is 5.82. The van der Waals surface area contributed by atoms with Crippen LogP contribution in [0.5, 0.6) is 0 Å². The Balaban J connectivity index is 1.79. The molecule has 4 nitrogen and oxygen atoms in total. The number of Topliss-reactive ketones (excluding diaryl/α,β-unsaturated/α-hetero) is 1. The second-order valence-electron chi connectivity index (χ2n) is 5.82. The van der Waals surface area contributed by atoms with Gasteiger partial charge in [0.25, 0.3) is 11.7 Å². The van der Waals surface area contributed by atoms with E-state index in [-0.39, 0.29) is 23.7 Å². The number of benzene rings is 1. The quantitative estimate of drug-likeness (QED) is 0.844. The highest BCUT2D eigenvalue weighted by Gasteiger charge is 2.39. The molecule has 1 heterocycles. The molecule has 2 aliphatic rings. The molecule has 1 aromatic carbocycles. The number of amides is 1. The molecule has 0 bridgehead atoms. The Morgan fingerprint density at radius 3 is 2.71 bits per heavy atom. The Morgan fingerprint density at radius 2 is 2.05 bits per heavy atom. The number of nitrogens with one attached hydrogen (secondary N) is 1. The highest BCUT2D eigenvalue weighted by Crippen LogP contribution is 2.33. The third kappa shape index (κ3) is 2.68. The molecule has 1 aliphatic heterocycles. The largest absolute Gasteiger partial charge is 0.314 e. The minimum atomic E-state index is -0.869. The number of hydrogen-bond donors (Lipinski definition) is 1. The lowest BCUT2D eigenvalue weighted by Gasteiger charge is -2.22. The van der Waals surface area contributed by atoms with Gasteiger partial charge in [-0.05, 0) is 31.4 Å². The fourth-order valence-electron chi connectivity index (χ4n) is 2.56. The smallest absolute Gasteiger partial charge is 0.299 e. The summed E-state index contributed by atoms with van der Waals surface area (Å²) in [4.78, 5) is 24.9. The highest BCUT2D eigenvalue weighted by atomic mass is 19.1. The van der Waals surface area contributed by atoms with Crippen LogP contribution < -0.4 is 10.2 Å². The van der Waals surface area contributed by atoms with Crippen LogP contribution in [0.3, 0.4) is 0 Å². The first kappa shape index (κ1) is 14.1. The number of carbonyl (C=O) groups is 2. The number of halogens is 2. The van der Waals surface area contributed by atoms with Crippen molar-refractivity contribution in [2.75, 3.05) is 18.0 Å². The molecule has 0 spiro atoms. The lowest BCUT2D eigenvalue weighted by Crippen LogP contribution is -2.37. The molecule has 21 heavy (non-hydrogen) atoms. The minimum Gasteiger partial charge on any atom is -0.314 e. The van der Waals surface area contributed by atoms with Crippen LogP contribution in [0.15, 0.2) is 12.1 Å². The van der Waals surface area contributed by atoms with Crippen molar-refractivity contribution in [2.45, 2.75) is 25.8 Å². The molecule has 1 amide bonds. The van der Waals surface area contributed by atoms with Gasteiger partial charge in [-0.2, -0.15) is 0 Å². The Kier molecular flexibility index (Phi) is 3.49.